The zero-order valence-electron chi connectivity index (χ0n) is 19.0. The Morgan fingerprint density at radius 3 is 2.53 bits per heavy atom. The Balaban J connectivity index is 1.29. The summed E-state index contributed by atoms with van der Waals surface area (Å²) in [5, 5.41) is 10.3. The molecule has 2 aromatic carbocycles. The molecule has 0 saturated carbocycles. The number of nitrogens with zero attached hydrogens (tertiary/aromatic N) is 3. The number of para-hydroxylation sites is 1. The minimum absolute atomic E-state index is 0.00678. The summed E-state index contributed by atoms with van der Waals surface area (Å²) in [4.78, 5) is 20.1. The minimum atomic E-state index is -0.818. The van der Waals surface area contributed by atoms with Crippen LogP contribution < -0.4 is 4.74 Å². The predicted octanol–water partition coefficient (Wildman–Crippen LogP) is 5.13. The molecule has 1 fully saturated rings. The number of thiazole rings is 1. The SMILES string of the molecule is CC(C)(C)C1CN(Cc2ccc(CCOc3nc4ccccc4s3)cc2)CCN1C(=O)O. The second-order valence-electron chi connectivity index (χ2n) is 9.46. The van der Waals surface area contributed by atoms with Crippen LogP contribution in [-0.4, -0.2) is 58.3 Å². The molecule has 32 heavy (non-hydrogen) atoms. The Hall–Kier alpha value is -2.64. The van der Waals surface area contributed by atoms with Gasteiger partial charge in [0.15, 0.2) is 0 Å². The largest absolute Gasteiger partial charge is 0.470 e. The number of fused-ring (bicyclic) bond motifs is 1. The van der Waals surface area contributed by atoms with E-state index in [0.29, 0.717) is 13.2 Å². The number of amides is 1. The van der Waals surface area contributed by atoms with E-state index in [2.05, 4.69) is 61.0 Å². The van der Waals surface area contributed by atoms with Gasteiger partial charge in [0.2, 0.25) is 0 Å². The van der Waals surface area contributed by atoms with Crippen LogP contribution in [0.1, 0.15) is 31.9 Å². The number of rotatable bonds is 6. The van der Waals surface area contributed by atoms with Crippen molar-refractivity contribution in [2.45, 2.75) is 39.8 Å². The molecule has 3 aromatic rings. The Bertz CT molecular complexity index is 1030. The quantitative estimate of drug-likeness (QED) is 0.561. The highest BCUT2D eigenvalue weighted by atomic mass is 32.1. The first kappa shape index (κ1) is 22.6. The first-order valence-electron chi connectivity index (χ1n) is 11.1. The van der Waals surface area contributed by atoms with Crippen molar-refractivity contribution in [3.05, 3.63) is 59.7 Å². The number of hydrogen-bond donors (Lipinski definition) is 1. The normalized spacial score (nSPS) is 17.6. The number of carbonyl (C=O) groups is 1. The molecule has 1 N–H and O–H groups in total. The van der Waals surface area contributed by atoms with Crippen molar-refractivity contribution in [2.24, 2.45) is 5.41 Å². The highest BCUT2D eigenvalue weighted by Crippen LogP contribution is 2.29. The Kier molecular flexibility index (Phi) is 6.67. The van der Waals surface area contributed by atoms with E-state index in [0.717, 1.165) is 41.5 Å². The lowest BCUT2D eigenvalue weighted by atomic mass is 9.84. The van der Waals surface area contributed by atoms with Crippen LogP contribution in [0.3, 0.4) is 0 Å². The lowest BCUT2D eigenvalue weighted by Crippen LogP contribution is -2.59. The van der Waals surface area contributed by atoms with Crippen LogP contribution in [0, 0.1) is 5.41 Å². The maximum Gasteiger partial charge on any atom is 0.407 e. The van der Waals surface area contributed by atoms with Gasteiger partial charge in [-0.05, 0) is 28.7 Å². The highest BCUT2D eigenvalue weighted by Gasteiger charge is 2.37. The molecular weight excluding hydrogens is 422 g/mol. The van der Waals surface area contributed by atoms with E-state index in [4.69, 9.17) is 4.74 Å². The monoisotopic (exact) mass is 453 g/mol. The molecule has 0 bridgehead atoms. The lowest BCUT2D eigenvalue weighted by Gasteiger charge is -2.46. The van der Waals surface area contributed by atoms with Crippen LogP contribution in [0.25, 0.3) is 10.2 Å². The second kappa shape index (κ2) is 9.46. The summed E-state index contributed by atoms with van der Waals surface area (Å²) < 4.78 is 7.01. The molecule has 4 rings (SSSR count). The maximum atomic E-state index is 11.6. The topological polar surface area (TPSA) is 65.9 Å². The molecule has 1 saturated heterocycles. The Labute approximate surface area is 193 Å². The minimum Gasteiger partial charge on any atom is -0.470 e. The van der Waals surface area contributed by atoms with Crippen LogP contribution in [0.15, 0.2) is 48.5 Å². The van der Waals surface area contributed by atoms with E-state index >= 15 is 0 Å². The average molecular weight is 454 g/mol. The molecule has 1 atom stereocenters. The van der Waals surface area contributed by atoms with E-state index in [-0.39, 0.29) is 11.5 Å². The number of benzene rings is 2. The first-order valence-corrected chi connectivity index (χ1v) is 11.9. The van der Waals surface area contributed by atoms with Gasteiger partial charge < -0.3 is 14.7 Å². The van der Waals surface area contributed by atoms with Gasteiger partial charge in [0.25, 0.3) is 5.19 Å². The summed E-state index contributed by atoms with van der Waals surface area (Å²) in [6, 6.07) is 16.7. The van der Waals surface area contributed by atoms with E-state index in [1.165, 1.54) is 11.1 Å². The summed E-state index contributed by atoms with van der Waals surface area (Å²) in [5.41, 5.74) is 3.37. The average Bonchev–Trinajstić information content (AvgIpc) is 3.17. The smallest absolute Gasteiger partial charge is 0.407 e. The molecule has 1 aliphatic heterocycles. The van der Waals surface area contributed by atoms with Gasteiger partial charge in [-0.2, -0.15) is 0 Å². The van der Waals surface area contributed by atoms with Crippen LogP contribution in [-0.2, 0) is 13.0 Å². The maximum absolute atomic E-state index is 11.6. The van der Waals surface area contributed by atoms with E-state index in [9.17, 15) is 9.90 Å². The fourth-order valence-corrected chi connectivity index (χ4v) is 5.03. The van der Waals surface area contributed by atoms with Gasteiger partial charge in [-0.25, -0.2) is 9.78 Å². The van der Waals surface area contributed by atoms with Crippen molar-refractivity contribution >= 4 is 27.6 Å². The first-order chi connectivity index (χ1) is 15.3. The van der Waals surface area contributed by atoms with Crippen molar-refractivity contribution in [2.75, 3.05) is 26.2 Å². The van der Waals surface area contributed by atoms with E-state index in [1.807, 2.05) is 18.2 Å². The molecule has 7 heteroatoms. The standard InChI is InChI=1S/C25H31N3O3S/c1-25(2,3)22-17-27(13-14-28(22)24(29)30)16-19-10-8-18(9-11-19)12-15-31-23-26-20-6-4-5-7-21(20)32-23/h4-11,22H,12-17H2,1-3H3,(H,29,30). The zero-order valence-corrected chi connectivity index (χ0v) is 19.8. The van der Waals surface area contributed by atoms with Crippen molar-refractivity contribution < 1.29 is 14.6 Å². The number of aromatic nitrogens is 1. The second-order valence-corrected chi connectivity index (χ2v) is 10.4. The van der Waals surface area contributed by atoms with Crippen molar-refractivity contribution in [1.29, 1.82) is 0 Å². The van der Waals surface area contributed by atoms with Crippen LogP contribution >= 0.6 is 11.3 Å². The van der Waals surface area contributed by atoms with Gasteiger partial charge in [0.05, 0.1) is 22.9 Å². The van der Waals surface area contributed by atoms with E-state index < -0.39 is 6.09 Å². The molecule has 0 radical (unpaired) electrons. The van der Waals surface area contributed by atoms with Crippen molar-refractivity contribution in [3.63, 3.8) is 0 Å². The number of piperazine rings is 1. The van der Waals surface area contributed by atoms with Crippen LogP contribution in [0.5, 0.6) is 5.19 Å². The summed E-state index contributed by atoms with van der Waals surface area (Å²) in [7, 11) is 0. The van der Waals surface area contributed by atoms with Crippen molar-refractivity contribution in [3.8, 4) is 5.19 Å². The molecule has 0 aliphatic carbocycles. The van der Waals surface area contributed by atoms with Crippen LogP contribution in [0.4, 0.5) is 4.79 Å². The molecule has 2 heterocycles. The number of carboxylic acid groups (broad SMARTS) is 1. The van der Waals surface area contributed by atoms with Gasteiger partial charge in [-0.3, -0.25) is 4.90 Å². The summed E-state index contributed by atoms with van der Waals surface area (Å²) in [6.07, 6.45) is 0.0153. The zero-order chi connectivity index (χ0) is 22.7. The summed E-state index contributed by atoms with van der Waals surface area (Å²) in [5.74, 6) is 0. The van der Waals surface area contributed by atoms with Crippen LogP contribution in [0.2, 0.25) is 0 Å². The fraction of sp³-hybridized carbons (Fsp3) is 0.440. The third-order valence-electron chi connectivity index (χ3n) is 6.03. The molecule has 1 aromatic heterocycles. The number of hydrogen-bond acceptors (Lipinski definition) is 5. The van der Waals surface area contributed by atoms with Gasteiger partial charge >= 0.3 is 6.09 Å². The fourth-order valence-electron chi connectivity index (χ4n) is 4.19. The van der Waals surface area contributed by atoms with E-state index in [1.54, 1.807) is 16.2 Å². The molecule has 6 nitrogen and oxygen atoms in total. The van der Waals surface area contributed by atoms with Gasteiger partial charge in [-0.1, -0.05) is 68.5 Å². The summed E-state index contributed by atoms with van der Waals surface area (Å²) in [6.45, 7) is 9.85. The Morgan fingerprint density at radius 1 is 1.12 bits per heavy atom. The van der Waals surface area contributed by atoms with Gasteiger partial charge in [0.1, 0.15) is 0 Å². The molecule has 1 amide bonds. The third-order valence-corrected chi connectivity index (χ3v) is 6.98. The predicted molar refractivity (Wildman–Crippen MR) is 129 cm³/mol. The third kappa shape index (κ3) is 5.40. The van der Waals surface area contributed by atoms with Crippen molar-refractivity contribution in [1.82, 2.24) is 14.8 Å². The summed E-state index contributed by atoms with van der Waals surface area (Å²) >= 11 is 1.58. The lowest BCUT2D eigenvalue weighted by molar-refractivity contribution is 0.0190. The number of ether oxygens (including phenoxy) is 1. The molecular formula is C25H31N3O3S. The van der Waals surface area contributed by atoms with Gasteiger partial charge in [0, 0.05) is 32.6 Å². The highest BCUT2D eigenvalue weighted by molar-refractivity contribution is 7.20. The Morgan fingerprint density at radius 2 is 1.84 bits per heavy atom. The van der Waals surface area contributed by atoms with Gasteiger partial charge in [-0.15, -0.1) is 0 Å². The molecule has 1 aliphatic rings. The molecule has 1 unspecified atom stereocenters. The molecule has 0 spiro atoms. The molecule has 170 valence electrons.